The van der Waals surface area contributed by atoms with Crippen molar-refractivity contribution < 1.29 is 9.53 Å². The lowest BCUT2D eigenvalue weighted by Crippen LogP contribution is -2.29. The minimum Gasteiger partial charge on any atom is -0.494 e. The van der Waals surface area contributed by atoms with Gasteiger partial charge in [-0.1, -0.05) is 12.1 Å². The highest BCUT2D eigenvalue weighted by Gasteiger charge is 2.32. The van der Waals surface area contributed by atoms with Gasteiger partial charge in [0.2, 0.25) is 0 Å². The first-order valence-electron chi connectivity index (χ1n) is 6.97. The zero-order valence-corrected chi connectivity index (χ0v) is 12.6. The Morgan fingerprint density at radius 3 is 3.00 bits per heavy atom. The van der Waals surface area contributed by atoms with Crippen LogP contribution in [0.5, 0.6) is 5.75 Å². The van der Waals surface area contributed by atoms with Crippen molar-refractivity contribution in [2.24, 2.45) is 5.84 Å². The van der Waals surface area contributed by atoms with E-state index in [2.05, 4.69) is 10.4 Å². The van der Waals surface area contributed by atoms with Gasteiger partial charge in [-0.15, -0.1) is 11.3 Å². The number of hydrogen-bond donors (Lipinski definition) is 2. The number of rotatable bonds is 5. The molecular formula is C15H17N3O2S. The predicted octanol–water partition coefficient (Wildman–Crippen LogP) is 2.69. The number of ether oxygens (including phenoxy) is 1. The molecule has 0 bridgehead atoms. The number of nitrogens with zero attached hydrogens (tertiary/aromatic N) is 1. The van der Waals surface area contributed by atoms with Crippen LogP contribution in [0.2, 0.25) is 0 Å². The molecule has 1 aromatic carbocycles. The zero-order chi connectivity index (χ0) is 14.8. The summed E-state index contributed by atoms with van der Waals surface area (Å²) in [6.07, 6.45) is 2.18. The molecule has 3 N–H and O–H groups in total. The Morgan fingerprint density at radius 2 is 2.33 bits per heavy atom. The van der Waals surface area contributed by atoms with Crippen LogP contribution >= 0.6 is 11.3 Å². The van der Waals surface area contributed by atoms with Crippen LogP contribution in [0, 0.1) is 0 Å². The largest absolute Gasteiger partial charge is 0.494 e. The fourth-order valence-electron chi connectivity index (χ4n) is 2.20. The van der Waals surface area contributed by atoms with Gasteiger partial charge in [0.05, 0.1) is 12.3 Å². The average Bonchev–Trinajstić information content (AvgIpc) is 3.26. The quantitative estimate of drug-likeness (QED) is 0.506. The minimum atomic E-state index is -0.262. The molecule has 6 heteroatoms. The maximum Gasteiger partial charge on any atom is 0.277 e. The van der Waals surface area contributed by atoms with Crippen molar-refractivity contribution in [1.29, 1.82) is 0 Å². The number of aromatic nitrogens is 1. The van der Waals surface area contributed by atoms with E-state index in [1.807, 2.05) is 31.2 Å². The van der Waals surface area contributed by atoms with E-state index in [9.17, 15) is 4.79 Å². The normalized spacial score (nSPS) is 14.0. The lowest BCUT2D eigenvalue weighted by atomic mass is 10.2. The molecule has 110 valence electrons. The molecule has 1 fully saturated rings. The SMILES string of the molecule is CCOc1cccc(-c2nc(C3CC3)c(C(=O)NN)s2)c1. The van der Waals surface area contributed by atoms with Crippen LogP contribution in [0.1, 0.15) is 41.0 Å². The molecule has 1 aliphatic carbocycles. The minimum absolute atomic E-state index is 0.262. The third-order valence-electron chi connectivity index (χ3n) is 3.35. The van der Waals surface area contributed by atoms with Crippen molar-refractivity contribution in [3.8, 4) is 16.3 Å². The van der Waals surface area contributed by atoms with E-state index < -0.39 is 0 Å². The molecule has 21 heavy (non-hydrogen) atoms. The van der Waals surface area contributed by atoms with Gasteiger partial charge in [-0.05, 0) is 31.9 Å². The molecule has 0 unspecified atom stereocenters. The maximum absolute atomic E-state index is 11.9. The number of hydrogen-bond acceptors (Lipinski definition) is 5. The van der Waals surface area contributed by atoms with Gasteiger partial charge >= 0.3 is 0 Å². The van der Waals surface area contributed by atoms with E-state index in [1.54, 1.807) is 0 Å². The van der Waals surface area contributed by atoms with Crippen molar-refractivity contribution in [2.45, 2.75) is 25.7 Å². The second-order valence-electron chi connectivity index (χ2n) is 4.94. The van der Waals surface area contributed by atoms with Gasteiger partial charge < -0.3 is 4.74 Å². The first-order chi connectivity index (χ1) is 10.2. The monoisotopic (exact) mass is 303 g/mol. The van der Waals surface area contributed by atoms with Gasteiger partial charge in [-0.2, -0.15) is 0 Å². The van der Waals surface area contributed by atoms with Gasteiger partial charge in [0.25, 0.3) is 5.91 Å². The van der Waals surface area contributed by atoms with Crippen LogP contribution < -0.4 is 16.0 Å². The molecular weight excluding hydrogens is 286 g/mol. The number of carbonyl (C=O) groups is 1. The molecule has 0 saturated heterocycles. The zero-order valence-electron chi connectivity index (χ0n) is 11.8. The molecule has 1 amide bonds. The number of hydrazine groups is 1. The highest BCUT2D eigenvalue weighted by atomic mass is 32.1. The van der Waals surface area contributed by atoms with Gasteiger partial charge in [0.15, 0.2) is 0 Å². The molecule has 3 rings (SSSR count). The van der Waals surface area contributed by atoms with Gasteiger partial charge in [0, 0.05) is 11.5 Å². The molecule has 0 aliphatic heterocycles. The molecule has 1 heterocycles. The van der Waals surface area contributed by atoms with Crippen molar-refractivity contribution in [3.63, 3.8) is 0 Å². The number of amides is 1. The summed E-state index contributed by atoms with van der Waals surface area (Å²) in [5.41, 5.74) is 4.04. The molecule has 0 radical (unpaired) electrons. The van der Waals surface area contributed by atoms with E-state index in [1.165, 1.54) is 11.3 Å². The highest BCUT2D eigenvalue weighted by molar-refractivity contribution is 7.17. The fraction of sp³-hybridized carbons (Fsp3) is 0.333. The Hall–Kier alpha value is -1.92. The van der Waals surface area contributed by atoms with Crippen molar-refractivity contribution >= 4 is 17.2 Å². The summed E-state index contributed by atoms with van der Waals surface area (Å²) < 4.78 is 5.51. The summed E-state index contributed by atoms with van der Waals surface area (Å²) in [6.45, 7) is 2.57. The van der Waals surface area contributed by atoms with E-state index in [4.69, 9.17) is 10.6 Å². The fourth-order valence-corrected chi connectivity index (χ4v) is 3.25. The van der Waals surface area contributed by atoms with Crippen LogP contribution in [0.15, 0.2) is 24.3 Å². The Balaban J connectivity index is 1.98. The number of carbonyl (C=O) groups excluding carboxylic acids is 1. The number of benzene rings is 1. The standard InChI is InChI=1S/C15H17N3O2S/c1-2-20-11-5-3-4-10(8-11)15-17-12(9-6-7-9)13(21-15)14(19)18-16/h3-5,8-9H,2,6-7,16H2,1H3,(H,18,19). The van der Waals surface area contributed by atoms with Crippen LogP contribution in [0.25, 0.3) is 10.6 Å². The van der Waals surface area contributed by atoms with E-state index in [0.29, 0.717) is 17.4 Å². The van der Waals surface area contributed by atoms with Gasteiger partial charge in [-0.25, -0.2) is 10.8 Å². The summed E-state index contributed by atoms with van der Waals surface area (Å²) in [5.74, 6) is 6.21. The third-order valence-corrected chi connectivity index (χ3v) is 4.47. The van der Waals surface area contributed by atoms with E-state index in [0.717, 1.165) is 34.9 Å². The number of nitrogen functional groups attached to an aromatic ring is 1. The second-order valence-corrected chi connectivity index (χ2v) is 5.94. The number of nitrogens with one attached hydrogen (secondary N) is 1. The highest BCUT2D eigenvalue weighted by Crippen LogP contribution is 2.44. The lowest BCUT2D eigenvalue weighted by Gasteiger charge is -2.03. The second kappa shape index (κ2) is 5.83. The smallest absolute Gasteiger partial charge is 0.277 e. The van der Waals surface area contributed by atoms with Crippen LogP contribution in [0.3, 0.4) is 0 Å². The topological polar surface area (TPSA) is 77.2 Å². The molecule has 1 aromatic heterocycles. The van der Waals surface area contributed by atoms with Crippen molar-refractivity contribution in [1.82, 2.24) is 10.4 Å². The Labute approximate surface area is 127 Å². The molecule has 0 spiro atoms. The maximum atomic E-state index is 11.9. The first kappa shape index (κ1) is 14.0. The Bertz CT molecular complexity index is 665. The lowest BCUT2D eigenvalue weighted by molar-refractivity contribution is 0.0956. The van der Waals surface area contributed by atoms with E-state index in [-0.39, 0.29) is 5.91 Å². The summed E-state index contributed by atoms with van der Waals surface area (Å²) in [7, 11) is 0. The summed E-state index contributed by atoms with van der Waals surface area (Å²) in [6, 6.07) is 7.77. The summed E-state index contributed by atoms with van der Waals surface area (Å²) >= 11 is 1.38. The number of thiazole rings is 1. The summed E-state index contributed by atoms with van der Waals surface area (Å²) in [5, 5.41) is 0.831. The molecule has 1 aliphatic rings. The number of nitrogens with two attached hydrogens (primary N) is 1. The predicted molar refractivity (Wildman–Crippen MR) is 82.3 cm³/mol. The van der Waals surface area contributed by atoms with Gasteiger partial charge in [0.1, 0.15) is 15.6 Å². The van der Waals surface area contributed by atoms with Crippen molar-refractivity contribution in [3.05, 3.63) is 34.8 Å². The Kier molecular flexibility index (Phi) is 3.90. The van der Waals surface area contributed by atoms with E-state index >= 15 is 0 Å². The molecule has 1 saturated carbocycles. The van der Waals surface area contributed by atoms with Crippen LogP contribution in [-0.4, -0.2) is 17.5 Å². The average molecular weight is 303 g/mol. The first-order valence-corrected chi connectivity index (χ1v) is 7.79. The molecule has 2 aromatic rings. The van der Waals surface area contributed by atoms with Gasteiger partial charge in [-0.3, -0.25) is 10.2 Å². The molecule has 0 atom stereocenters. The van der Waals surface area contributed by atoms with Crippen LogP contribution in [-0.2, 0) is 0 Å². The van der Waals surface area contributed by atoms with Crippen LogP contribution in [0.4, 0.5) is 0 Å². The summed E-state index contributed by atoms with van der Waals surface area (Å²) in [4.78, 5) is 17.2. The molecule has 5 nitrogen and oxygen atoms in total. The Morgan fingerprint density at radius 1 is 1.52 bits per heavy atom. The van der Waals surface area contributed by atoms with Crippen molar-refractivity contribution in [2.75, 3.05) is 6.61 Å². The third kappa shape index (κ3) is 2.91.